The van der Waals surface area contributed by atoms with Crippen LogP contribution in [0.25, 0.3) is 0 Å². The first-order valence-electron chi connectivity index (χ1n) is 16.2. The molecule has 0 aliphatic rings. The van der Waals surface area contributed by atoms with Crippen LogP contribution in [0.2, 0.25) is 0 Å². The van der Waals surface area contributed by atoms with Crippen molar-refractivity contribution in [3.05, 3.63) is 42.0 Å². The third-order valence-corrected chi connectivity index (χ3v) is 5.80. The molecule has 1 aromatic carbocycles. The average Bonchev–Trinajstić information content (AvgIpc) is 3.04. The maximum Gasteiger partial charge on any atom is 0.330 e. The maximum absolute atomic E-state index is 10.1. The molecule has 14 heteroatoms. The second-order valence-electron chi connectivity index (χ2n) is 11.1. The van der Waals surface area contributed by atoms with Crippen LogP contribution in [0.5, 0.6) is 5.75 Å². The van der Waals surface area contributed by atoms with Gasteiger partial charge >= 0.3 is 5.97 Å². The summed E-state index contributed by atoms with van der Waals surface area (Å²) in [7, 11) is 0. The second-order valence-corrected chi connectivity index (χ2v) is 11.1. The monoisotopic (exact) mass is 692 g/mol. The van der Waals surface area contributed by atoms with Crippen LogP contribution < -0.4 is 4.74 Å². The Kier molecular flexibility index (Phi) is 30.5. The van der Waals surface area contributed by atoms with Crippen molar-refractivity contribution in [2.75, 3.05) is 126 Å². The van der Waals surface area contributed by atoms with E-state index < -0.39 is 12.3 Å². The van der Waals surface area contributed by atoms with Crippen molar-refractivity contribution in [3.8, 4) is 5.75 Å². The van der Waals surface area contributed by atoms with Gasteiger partial charge in [-0.15, -0.1) is 0 Å². The van der Waals surface area contributed by atoms with Crippen LogP contribution >= 0.6 is 0 Å². The molecule has 1 unspecified atom stereocenters. The third-order valence-electron chi connectivity index (χ3n) is 5.80. The van der Waals surface area contributed by atoms with E-state index in [1.165, 1.54) is 6.92 Å². The van der Waals surface area contributed by atoms with Crippen molar-refractivity contribution < 1.29 is 67.5 Å². The first-order chi connectivity index (χ1) is 23.1. The van der Waals surface area contributed by atoms with Crippen molar-refractivity contribution in [2.45, 2.75) is 39.4 Å². The molecule has 0 amide bonds. The lowest BCUT2D eigenvalue weighted by Gasteiger charge is -2.24. The first-order valence-corrected chi connectivity index (χ1v) is 16.2. The number of carboxylic acids is 1. The van der Waals surface area contributed by atoms with E-state index in [1.54, 1.807) is 0 Å². The molecular formula is C34H60O14. The zero-order chi connectivity index (χ0) is 35.7. The van der Waals surface area contributed by atoms with Crippen molar-refractivity contribution >= 4 is 5.97 Å². The molecular weight excluding hydrogens is 632 g/mol. The van der Waals surface area contributed by atoms with E-state index in [4.69, 9.17) is 57.6 Å². The molecule has 0 aliphatic carbocycles. The largest absolute Gasteiger partial charge is 0.478 e. The zero-order valence-corrected chi connectivity index (χ0v) is 29.4. The minimum Gasteiger partial charge on any atom is -0.478 e. The van der Waals surface area contributed by atoms with Gasteiger partial charge in [-0.3, -0.25) is 0 Å². The van der Waals surface area contributed by atoms with Gasteiger partial charge in [0.2, 0.25) is 6.29 Å². The van der Waals surface area contributed by atoms with Crippen LogP contribution in [-0.2, 0) is 52.8 Å². The molecule has 0 aliphatic heterocycles. The summed E-state index contributed by atoms with van der Waals surface area (Å²) in [4.78, 5) is 9.60. The summed E-state index contributed by atoms with van der Waals surface area (Å²) in [6, 6.07) is 7.70. The van der Waals surface area contributed by atoms with Crippen molar-refractivity contribution in [1.82, 2.24) is 0 Å². The fourth-order valence-electron chi connectivity index (χ4n) is 3.38. The van der Waals surface area contributed by atoms with Crippen molar-refractivity contribution in [1.29, 1.82) is 0 Å². The minimum atomic E-state index is -1.05. The molecule has 0 heterocycles. The molecule has 1 atom stereocenters. The smallest absolute Gasteiger partial charge is 0.330 e. The Morgan fingerprint density at radius 2 is 0.958 bits per heavy atom. The SMILES string of the molecule is C=C(C)C(=O)O.CC(C)(C)c1ccccc1OC(O)COCCOCCOCCOCCOCCOCCOCCOCCOCCO. The summed E-state index contributed by atoms with van der Waals surface area (Å²) in [5.41, 5.74) is 1.12. The lowest BCUT2D eigenvalue weighted by molar-refractivity contribution is -0.132. The Bertz CT molecular complexity index is 881. The Labute approximate surface area is 286 Å². The maximum atomic E-state index is 10.1. The molecule has 14 nitrogen and oxygen atoms in total. The number of aliphatic carboxylic acids is 1. The minimum absolute atomic E-state index is 0.0226. The predicted molar refractivity (Wildman–Crippen MR) is 179 cm³/mol. The molecule has 0 fully saturated rings. The van der Waals surface area contributed by atoms with E-state index in [0.29, 0.717) is 118 Å². The molecule has 48 heavy (non-hydrogen) atoms. The molecule has 0 saturated carbocycles. The van der Waals surface area contributed by atoms with Gasteiger partial charge < -0.3 is 62.7 Å². The molecule has 3 N–H and O–H groups in total. The van der Waals surface area contributed by atoms with E-state index in [1.807, 2.05) is 24.3 Å². The molecule has 280 valence electrons. The van der Waals surface area contributed by atoms with Gasteiger partial charge in [0.15, 0.2) is 0 Å². The molecule has 0 aromatic heterocycles. The second kappa shape index (κ2) is 32.0. The molecule has 0 radical (unpaired) electrons. The van der Waals surface area contributed by atoms with E-state index >= 15 is 0 Å². The number of carboxylic acid groups (broad SMARTS) is 1. The zero-order valence-electron chi connectivity index (χ0n) is 29.4. The topological polar surface area (TPSA) is 170 Å². The van der Waals surface area contributed by atoms with Crippen LogP contribution in [0, 0.1) is 0 Å². The van der Waals surface area contributed by atoms with Crippen LogP contribution in [0.1, 0.15) is 33.3 Å². The number of rotatable bonds is 31. The Morgan fingerprint density at radius 1 is 0.646 bits per heavy atom. The molecule has 1 rings (SSSR count). The predicted octanol–water partition coefficient (Wildman–Crippen LogP) is 2.47. The van der Waals surface area contributed by atoms with Gasteiger partial charge in [-0.2, -0.15) is 0 Å². The summed E-state index contributed by atoms with van der Waals surface area (Å²) < 4.78 is 54.2. The third kappa shape index (κ3) is 29.9. The first kappa shape index (κ1) is 45.8. The number of benzene rings is 1. The fourth-order valence-corrected chi connectivity index (χ4v) is 3.38. The summed E-state index contributed by atoms with van der Waals surface area (Å²) in [6.45, 7) is 18.9. The number of aliphatic hydroxyl groups excluding tert-OH is 2. The van der Waals surface area contributed by atoms with Gasteiger partial charge in [0, 0.05) is 5.57 Å². The van der Waals surface area contributed by atoms with Crippen LogP contribution in [0.3, 0.4) is 0 Å². The average molecular weight is 693 g/mol. The van der Waals surface area contributed by atoms with Gasteiger partial charge in [0.05, 0.1) is 119 Å². The summed E-state index contributed by atoms with van der Waals surface area (Å²) >= 11 is 0. The summed E-state index contributed by atoms with van der Waals surface area (Å²) in [5.74, 6) is -0.276. The van der Waals surface area contributed by atoms with E-state index in [0.717, 1.165) is 5.56 Å². The lowest BCUT2D eigenvalue weighted by Crippen LogP contribution is -2.25. The van der Waals surface area contributed by atoms with E-state index in [9.17, 15) is 9.90 Å². The van der Waals surface area contributed by atoms with Crippen LogP contribution in [-0.4, -0.2) is 153 Å². The number of para-hydroxylation sites is 1. The standard InChI is InChI=1S/C30H54O12.C4H6O2/c1-30(2,3)27-6-4-5-7-28(27)42-29(32)26-41-25-24-40-23-22-39-21-20-38-19-18-37-17-16-36-15-14-35-13-12-34-11-10-33-9-8-31;1-3(2)4(5)6/h4-7,29,31-32H,8-26H2,1-3H3;1H2,2H3,(H,5,6). The van der Waals surface area contributed by atoms with Gasteiger partial charge in [-0.25, -0.2) is 4.79 Å². The van der Waals surface area contributed by atoms with Gasteiger partial charge in [0.1, 0.15) is 12.4 Å². The number of hydrogen-bond donors (Lipinski definition) is 3. The summed E-state index contributed by atoms with van der Waals surface area (Å²) in [6.07, 6.45) is -1.05. The van der Waals surface area contributed by atoms with E-state index in [2.05, 4.69) is 27.4 Å². The highest BCUT2D eigenvalue weighted by Crippen LogP contribution is 2.31. The molecule has 0 bridgehead atoms. The van der Waals surface area contributed by atoms with E-state index in [-0.39, 0.29) is 24.2 Å². The number of ether oxygens (including phenoxy) is 10. The fraction of sp³-hybridized carbons (Fsp3) is 0.735. The highest BCUT2D eigenvalue weighted by molar-refractivity contribution is 5.84. The molecule has 1 aromatic rings. The van der Waals surface area contributed by atoms with Gasteiger partial charge in [-0.05, 0) is 24.0 Å². The van der Waals surface area contributed by atoms with Crippen LogP contribution in [0.4, 0.5) is 0 Å². The Hall–Kier alpha value is -2.21. The highest BCUT2D eigenvalue weighted by atomic mass is 16.6. The number of aliphatic hydroxyl groups is 2. The Balaban J connectivity index is 0.00000335. The molecule has 0 saturated heterocycles. The van der Waals surface area contributed by atoms with Crippen molar-refractivity contribution in [2.24, 2.45) is 0 Å². The quantitative estimate of drug-likeness (QED) is 0.0589. The number of carbonyl (C=O) groups is 1. The van der Waals surface area contributed by atoms with Crippen molar-refractivity contribution in [3.63, 3.8) is 0 Å². The number of hydrogen-bond acceptors (Lipinski definition) is 13. The lowest BCUT2D eigenvalue weighted by atomic mass is 9.86. The van der Waals surface area contributed by atoms with Gasteiger partial charge in [-0.1, -0.05) is 45.5 Å². The normalized spacial score (nSPS) is 12.0. The Morgan fingerprint density at radius 3 is 1.27 bits per heavy atom. The highest BCUT2D eigenvalue weighted by Gasteiger charge is 2.20. The molecule has 0 spiro atoms. The summed E-state index contributed by atoms with van der Waals surface area (Å²) in [5, 5.41) is 26.6. The van der Waals surface area contributed by atoms with Gasteiger partial charge in [0.25, 0.3) is 0 Å². The van der Waals surface area contributed by atoms with Crippen LogP contribution in [0.15, 0.2) is 36.4 Å².